The molecule has 1 aliphatic carbocycles. The summed E-state index contributed by atoms with van der Waals surface area (Å²) in [5.41, 5.74) is 2.50. The molecule has 2 N–H and O–H groups in total. The molecule has 0 spiro atoms. The number of hydrogen-bond acceptors (Lipinski definition) is 4. The van der Waals surface area contributed by atoms with Crippen LogP contribution in [0.5, 0.6) is 0 Å². The van der Waals surface area contributed by atoms with Crippen LogP contribution in [0.1, 0.15) is 59.8 Å². The Morgan fingerprint density at radius 3 is 2.14 bits per heavy atom. The van der Waals surface area contributed by atoms with Crippen LogP contribution in [0.3, 0.4) is 0 Å². The lowest BCUT2D eigenvalue weighted by Gasteiger charge is -2.36. The van der Waals surface area contributed by atoms with Crippen molar-refractivity contribution in [1.82, 2.24) is 4.72 Å². The van der Waals surface area contributed by atoms with E-state index in [1.54, 1.807) is 13.8 Å². The van der Waals surface area contributed by atoms with Gasteiger partial charge in [0.05, 0.1) is 5.25 Å². The smallest absolute Gasteiger partial charge is 0.214 e. The second-order valence-electron chi connectivity index (χ2n) is 9.71. The minimum atomic E-state index is -3.16. The molecule has 2 aliphatic rings. The number of piperidine rings is 1. The van der Waals surface area contributed by atoms with Crippen LogP contribution in [0.15, 0.2) is 24.3 Å². The SMILES string of the molecule is CC(C)S(=O)(=O)N[C@H]1CC[C@H](CNc2ccc(N3C[C@H](C)C[C@H](C)C3)cc2)CC1. The van der Waals surface area contributed by atoms with Crippen LogP contribution in [0.2, 0.25) is 0 Å². The molecule has 0 amide bonds. The molecule has 2 fully saturated rings. The first-order valence-corrected chi connectivity index (χ1v) is 12.9. The van der Waals surface area contributed by atoms with E-state index < -0.39 is 10.0 Å². The third-order valence-corrected chi connectivity index (χ3v) is 8.40. The van der Waals surface area contributed by atoms with Crippen molar-refractivity contribution in [3.05, 3.63) is 24.3 Å². The zero-order chi connectivity index (χ0) is 21.0. The summed E-state index contributed by atoms with van der Waals surface area (Å²) < 4.78 is 27.0. The van der Waals surface area contributed by atoms with Crippen LogP contribution in [0, 0.1) is 17.8 Å². The van der Waals surface area contributed by atoms with Crippen molar-refractivity contribution in [1.29, 1.82) is 0 Å². The van der Waals surface area contributed by atoms with Crippen molar-refractivity contribution < 1.29 is 8.42 Å². The summed E-state index contributed by atoms with van der Waals surface area (Å²) in [5, 5.41) is 3.23. The van der Waals surface area contributed by atoms with Gasteiger partial charge in [-0.25, -0.2) is 13.1 Å². The van der Waals surface area contributed by atoms with Crippen molar-refractivity contribution in [3.63, 3.8) is 0 Å². The van der Waals surface area contributed by atoms with Crippen molar-refractivity contribution in [3.8, 4) is 0 Å². The number of anilines is 2. The Hall–Kier alpha value is -1.27. The molecule has 3 rings (SSSR count). The van der Waals surface area contributed by atoms with E-state index in [0.717, 1.165) is 57.2 Å². The Labute approximate surface area is 177 Å². The summed E-state index contributed by atoms with van der Waals surface area (Å²) in [7, 11) is -3.16. The van der Waals surface area contributed by atoms with Gasteiger partial charge in [0, 0.05) is 37.1 Å². The van der Waals surface area contributed by atoms with Gasteiger partial charge in [0.2, 0.25) is 10.0 Å². The molecule has 0 aromatic heterocycles. The number of rotatable bonds is 7. The third kappa shape index (κ3) is 6.35. The number of benzene rings is 1. The molecular formula is C23H39N3O2S. The van der Waals surface area contributed by atoms with E-state index in [4.69, 9.17) is 0 Å². The van der Waals surface area contributed by atoms with E-state index in [2.05, 4.69) is 53.1 Å². The summed E-state index contributed by atoms with van der Waals surface area (Å²) in [4.78, 5) is 2.52. The molecule has 0 radical (unpaired) electrons. The molecular weight excluding hydrogens is 382 g/mol. The van der Waals surface area contributed by atoms with Crippen LogP contribution >= 0.6 is 0 Å². The van der Waals surface area contributed by atoms with E-state index in [1.807, 2.05) is 0 Å². The lowest BCUT2D eigenvalue weighted by Crippen LogP contribution is -2.41. The van der Waals surface area contributed by atoms with E-state index in [1.165, 1.54) is 17.8 Å². The molecule has 1 saturated heterocycles. The summed E-state index contributed by atoms with van der Waals surface area (Å²) in [6.07, 6.45) is 5.34. The van der Waals surface area contributed by atoms with Crippen LogP contribution in [-0.2, 0) is 10.0 Å². The molecule has 6 heteroatoms. The maximum absolute atomic E-state index is 12.0. The van der Waals surface area contributed by atoms with Gasteiger partial charge in [-0.3, -0.25) is 0 Å². The topological polar surface area (TPSA) is 61.4 Å². The Balaban J connectivity index is 1.43. The largest absolute Gasteiger partial charge is 0.385 e. The van der Waals surface area contributed by atoms with E-state index in [-0.39, 0.29) is 11.3 Å². The van der Waals surface area contributed by atoms with E-state index >= 15 is 0 Å². The lowest BCUT2D eigenvalue weighted by atomic mass is 9.86. The van der Waals surface area contributed by atoms with Gasteiger partial charge in [0.15, 0.2) is 0 Å². The first kappa shape index (κ1) is 22.4. The molecule has 1 saturated carbocycles. The Morgan fingerprint density at radius 2 is 1.59 bits per heavy atom. The third-order valence-electron chi connectivity index (χ3n) is 6.49. The Morgan fingerprint density at radius 1 is 1.00 bits per heavy atom. The molecule has 1 aromatic carbocycles. The number of nitrogens with zero attached hydrogens (tertiary/aromatic N) is 1. The minimum absolute atomic E-state index is 0.104. The molecule has 5 nitrogen and oxygen atoms in total. The Kier molecular flexibility index (Phi) is 7.49. The van der Waals surface area contributed by atoms with Gasteiger partial charge in [-0.2, -0.15) is 0 Å². The predicted molar refractivity (Wildman–Crippen MR) is 123 cm³/mol. The molecule has 164 valence electrons. The molecule has 29 heavy (non-hydrogen) atoms. The summed E-state index contributed by atoms with van der Waals surface area (Å²) >= 11 is 0. The van der Waals surface area contributed by atoms with Gasteiger partial charge >= 0.3 is 0 Å². The zero-order valence-corrected chi connectivity index (χ0v) is 19.3. The molecule has 1 aliphatic heterocycles. The van der Waals surface area contributed by atoms with Crippen molar-refractivity contribution in [2.24, 2.45) is 17.8 Å². The van der Waals surface area contributed by atoms with Gasteiger partial charge in [-0.1, -0.05) is 13.8 Å². The van der Waals surface area contributed by atoms with Crippen molar-refractivity contribution in [2.75, 3.05) is 29.9 Å². The minimum Gasteiger partial charge on any atom is -0.385 e. The summed E-state index contributed by atoms with van der Waals surface area (Å²) in [5.74, 6) is 2.13. The average Bonchev–Trinajstić information content (AvgIpc) is 2.67. The second kappa shape index (κ2) is 9.69. The van der Waals surface area contributed by atoms with Crippen LogP contribution in [-0.4, -0.2) is 39.3 Å². The van der Waals surface area contributed by atoms with Crippen LogP contribution in [0.4, 0.5) is 11.4 Å². The highest BCUT2D eigenvalue weighted by molar-refractivity contribution is 7.90. The number of sulfonamides is 1. The first-order valence-electron chi connectivity index (χ1n) is 11.3. The molecule has 1 aromatic rings. The quantitative estimate of drug-likeness (QED) is 0.682. The average molecular weight is 422 g/mol. The van der Waals surface area contributed by atoms with Gasteiger partial charge in [-0.15, -0.1) is 0 Å². The van der Waals surface area contributed by atoms with Gasteiger partial charge in [0.1, 0.15) is 0 Å². The second-order valence-corrected chi connectivity index (χ2v) is 12.0. The molecule has 1 heterocycles. The monoisotopic (exact) mass is 421 g/mol. The van der Waals surface area contributed by atoms with Crippen molar-refractivity contribution >= 4 is 21.4 Å². The van der Waals surface area contributed by atoms with Crippen LogP contribution < -0.4 is 14.9 Å². The van der Waals surface area contributed by atoms with Gasteiger partial charge in [0.25, 0.3) is 0 Å². The number of hydrogen-bond donors (Lipinski definition) is 2. The van der Waals surface area contributed by atoms with Gasteiger partial charge < -0.3 is 10.2 Å². The molecule has 0 bridgehead atoms. The maximum atomic E-state index is 12.0. The first-order chi connectivity index (χ1) is 13.7. The summed E-state index contributed by atoms with van der Waals surface area (Å²) in [6, 6.07) is 8.98. The fraction of sp³-hybridized carbons (Fsp3) is 0.739. The summed E-state index contributed by atoms with van der Waals surface area (Å²) in [6.45, 7) is 11.4. The highest BCUT2D eigenvalue weighted by Gasteiger charge is 2.26. The van der Waals surface area contributed by atoms with Crippen molar-refractivity contribution in [2.45, 2.75) is 71.1 Å². The van der Waals surface area contributed by atoms with E-state index in [9.17, 15) is 8.42 Å². The molecule has 0 unspecified atom stereocenters. The highest BCUT2D eigenvalue weighted by Crippen LogP contribution is 2.28. The van der Waals surface area contributed by atoms with E-state index in [0.29, 0.717) is 5.92 Å². The number of nitrogens with one attached hydrogen (secondary N) is 2. The fourth-order valence-electron chi connectivity index (χ4n) is 4.78. The zero-order valence-electron chi connectivity index (χ0n) is 18.5. The maximum Gasteiger partial charge on any atom is 0.214 e. The fourth-order valence-corrected chi connectivity index (χ4v) is 5.75. The van der Waals surface area contributed by atoms with Crippen LogP contribution in [0.25, 0.3) is 0 Å². The Bertz CT molecular complexity index is 730. The predicted octanol–water partition coefficient (Wildman–Crippen LogP) is 4.47. The normalized spacial score (nSPS) is 28.5. The van der Waals surface area contributed by atoms with Gasteiger partial charge in [-0.05, 0) is 88.0 Å². The standard InChI is InChI=1S/C23H39N3O2S/c1-17(2)29(27,28)25-22-7-5-20(6-8-22)14-24-21-9-11-23(12-10-21)26-15-18(3)13-19(4)16-26/h9-12,17-20,22,24-25H,5-8,13-16H2,1-4H3/t18-,19+,20-,22-. The molecule has 2 atom stereocenters. The highest BCUT2D eigenvalue weighted by atomic mass is 32.2. The lowest BCUT2D eigenvalue weighted by molar-refractivity contribution is 0.323.